The molecule has 1 aromatic rings. The van der Waals surface area contributed by atoms with Crippen LogP contribution in [0.15, 0.2) is 30.3 Å². The van der Waals surface area contributed by atoms with Crippen molar-refractivity contribution in [2.24, 2.45) is 0 Å². The number of carboxylic acids is 1. The summed E-state index contributed by atoms with van der Waals surface area (Å²) in [4.78, 5) is 10.1. The van der Waals surface area contributed by atoms with Crippen LogP contribution in [0.25, 0.3) is 0 Å². The highest BCUT2D eigenvalue weighted by atomic mass is 31.2. The van der Waals surface area contributed by atoms with Crippen LogP contribution in [0.2, 0.25) is 0 Å². The maximum Gasteiger partial charge on any atom is 0.0715 e. The number of carbonyl (C=O) groups excluding carboxylic acids is 1. The number of aromatic carboxylic acids is 1. The topological polar surface area (TPSA) is 40.1 Å². The minimum atomic E-state index is -1.13. The van der Waals surface area contributed by atoms with Gasteiger partial charge in [0.2, 0.25) is 0 Å². The summed E-state index contributed by atoms with van der Waals surface area (Å²) in [7, 11) is -0.496. The number of benzene rings is 1. The van der Waals surface area contributed by atoms with E-state index in [1.54, 1.807) is 42.8 Å². The number of carboxylic acid groups (broad SMARTS) is 1. The Kier molecular flexibility index (Phi) is 12.1. The second kappa shape index (κ2) is 12.6. The van der Waals surface area contributed by atoms with Crippen molar-refractivity contribution in [3.05, 3.63) is 35.9 Å². The quantitative estimate of drug-likeness (QED) is 0.618. The Bertz CT molecular complexity index is 360. The molecule has 0 unspecified atom stereocenters. The molecule has 2 nitrogen and oxygen atoms in total. The molecule has 0 aliphatic heterocycles. The molecule has 0 bridgehead atoms. The molecule has 0 N–H and O–H groups in total. The Morgan fingerprint density at radius 2 is 1.18 bits per heavy atom. The minimum absolute atomic E-state index is 0.220. The molecule has 0 saturated carbocycles. The third-order valence-electron chi connectivity index (χ3n) is 3.80. The first-order chi connectivity index (χ1) is 10.5. The van der Waals surface area contributed by atoms with Gasteiger partial charge in [-0.25, -0.2) is 0 Å². The van der Waals surface area contributed by atoms with Gasteiger partial charge in [0.25, 0.3) is 0 Å². The number of hydrogen-bond donors (Lipinski definition) is 0. The minimum Gasteiger partial charge on any atom is -0.545 e. The Labute approximate surface area is 137 Å². The van der Waals surface area contributed by atoms with Gasteiger partial charge in [-0.15, -0.1) is 0 Å². The van der Waals surface area contributed by atoms with Gasteiger partial charge in [0, 0.05) is 7.26 Å². The molecule has 126 valence electrons. The van der Waals surface area contributed by atoms with E-state index in [0.717, 1.165) is 0 Å². The first-order valence-electron chi connectivity index (χ1n) is 8.66. The lowest BCUT2D eigenvalue weighted by Crippen LogP contribution is -2.21. The van der Waals surface area contributed by atoms with E-state index in [2.05, 4.69) is 27.7 Å². The number of rotatable bonds is 9. The first kappa shape index (κ1) is 21.1. The van der Waals surface area contributed by atoms with E-state index in [0.29, 0.717) is 0 Å². The van der Waals surface area contributed by atoms with Crippen molar-refractivity contribution in [2.75, 3.05) is 24.6 Å². The van der Waals surface area contributed by atoms with E-state index < -0.39 is 13.2 Å². The average Bonchev–Trinajstić information content (AvgIpc) is 2.50. The maximum atomic E-state index is 10.1. The highest BCUT2D eigenvalue weighted by Gasteiger charge is 2.32. The molecule has 0 spiro atoms. The predicted octanol–water partition coefficient (Wildman–Crippen LogP) is 4.69. The van der Waals surface area contributed by atoms with Crippen LogP contribution in [0.4, 0.5) is 0 Å². The fourth-order valence-electron chi connectivity index (χ4n) is 3.14. The highest BCUT2D eigenvalue weighted by Crippen LogP contribution is 2.60. The third kappa shape index (κ3) is 8.54. The summed E-state index contributed by atoms with van der Waals surface area (Å²) in [6.45, 7) is 9.43. The fourth-order valence-corrected chi connectivity index (χ4v) is 8.28. The lowest BCUT2D eigenvalue weighted by Gasteiger charge is -2.26. The molecule has 0 aromatic heterocycles. The molecule has 1 aromatic carbocycles. The molecule has 3 heteroatoms. The van der Waals surface area contributed by atoms with Crippen LogP contribution in [0, 0.1) is 0 Å². The van der Waals surface area contributed by atoms with Crippen LogP contribution in [0.3, 0.4) is 0 Å². The van der Waals surface area contributed by atoms with Crippen molar-refractivity contribution >= 4 is 13.2 Å². The smallest absolute Gasteiger partial charge is 0.0715 e. The predicted molar refractivity (Wildman–Crippen MR) is 98.3 cm³/mol. The molecule has 0 atom stereocenters. The van der Waals surface area contributed by atoms with Crippen LogP contribution in [-0.2, 0) is 0 Å². The fraction of sp³-hybridized carbons (Fsp3) is 0.632. The van der Waals surface area contributed by atoms with E-state index in [9.17, 15) is 9.90 Å². The largest absolute Gasteiger partial charge is 0.545 e. The van der Waals surface area contributed by atoms with Gasteiger partial charge < -0.3 is 9.90 Å². The lowest BCUT2D eigenvalue weighted by atomic mass is 10.2. The standard InChI is InChI=1S/C12H28P.C7H6O2/c1-5-9-13(10-6-2,11-7-3)12-8-4;8-7(9)6-4-2-1-3-5-6/h5-12H2,1-4H3;1-5H,(H,8,9)/q+1;/p-1. The first-order valence-corrected chi connectivity index (χ1v) is 11.2. The Morgan fingerprint density at radius 3 is 1.41 bits per heavy atom. The van der Waals surface area contributed by atoms with Crippen molar-refractivity contribution in [1.29, 1.82) is 0 Å². The van der Waals surface area contributed by atoms with E-state index >= 15 is 0 Å². The molecule has 0 aliphatic rings. The van der Waals surface area contributed by atoms with Gasteiger partial charge in [0.15, 0.2) is 0 Å². The van der Waals surface area contributed by atoms with Crippen LogP contribution in [0.1, 0.15) is 63.7 Å². The van der Waals surface area contributed by atoms with Gasteiger partial charge in [-0.1, -0.05) is 58.0 Å². The molecule has 0 saturated heterocycles. The summed E-state index contributed by atoms with van der Waals surface area (Å²) >= 11 is 0. The van der Waals surface area contributed by atoms with Crippen LogP contribution >= 0.6 is 7.26 Å². The van der Waals surface area contributed by atoms with Crippen LogP contribution < -0.4 is 5.11 Å². The summed E-state index contributed by atoms with van der Waals surface area (Å²) in [5.74, 6) is -1.13. The van der Waals surface area contributed by atoms with E-state index in [1.165, 1.54) is 37.8 Å². The van der Waals surface area contributed by atoms with Crippen molar-refractivity contribution in [2.45, 2.75) is 53.4 Å². The van der Waals surface area contributed by atoms with E-state index in [4.69, 9.17) is 0 Å². The molecule has 0 amide bonds. The SMILES string of the molecule is CCC[P+](CCC)(CCC)CCC.O=C([O-])c1ccccc1. The summed E-state index contributed by atoms with van der Waals surface area (Å²) in [6, 6.07) is 8.06. The van der Waals surface area contributed by atoms with Crippen LogP contribution in [-0.4, -0.2) is 30.6 Å². The molecule has 0 radical (unpaired) electrons. The molecular formula is C19H33O2P. The molecule has 0 aliphatic carbocycles. The monoisotopic (exact) mass is 324 g/mol. The lowest BCUT2D eigenvalue weighted by molar-refractivity contribution is -0.255. The molecular weight excluding hydrogens is 291 g/mol. The van der Waals surface area contributed by atoms with Gasteiger partial charge in [0.1, 0.15) is 0 Å². The Morgan fingerprint density at radius 1 is 0.818 bits per heavy atom. The zero-order chi connectivity index (χ0) is 16.8. The van der Waals surface area contributed by atoms with Crippen LogP contribution in [0.5, 0.6) is 0 Å². The second-order valence-corrected chi connectivity index (χ2v) is 10.4. The van der Waals surface area contributed by atoms with E-state index in [1.807, 2.05) is 0 Å². The summed E-state index contributed by atoms with van der Waals surface area (Å²) in [6.07, 6.45) is 11.9. The number of hydrogen-bond acceptors (Lipinski definition) is 2. The van der Waals surface area contributed by atoms with Crippen molar-refractivity contribution < 1.29 is 9.90 Å². The zero-order valence-electron chi connectivity index (χ0n) is 14.8. The molecule has 1 rings (SSSR count). The molecule has 22 heavy (non-hydrogen) atoms. The van der Waals surface area contributed by atoms with Gasteiger partial charge in [-0.3, -0.25) is 0 Å². The van der Waals surface area contributed by atoms with Gasteiger partial charge >= 0.3 is 0 Å². The summed E-state index contributed by atoms with van der Waals surface area (Å²) in [5.41, 5.74) is 0.220. The van der Waals surface area contributed by atoms with Crippen molar-refractivity contribution in [3.8, 4) is 0 Å². The number of carbonyl (C=O) groups is 1. The molecule has 0 heterocycles. The van der Waals surface area contributed by atoms with Gasteiger partial charge in [-0.05, 0) is 31.2 Å². The summed E-state index contributed by atoms with van der Waals surface area (Å²) in [5, 5.41) is 10.1. The zero-order valence-corrected chi connectivity index (χ0v) is 15.7. The highest BCUT2D eigenvalue weighted by molar-refractivity contribution is 7.75. The van der Waals surface area contributed by atoms with Crippen molar-refractivity contribution in [3.63, 3.8) is 0 Å². The van der Waals surface area contributed by atoms with Gasteiger partial charge in [0.05, 0.1) is 30.6 Å². The van der Waals surface area contributed by atoms with E-state index in [-0.39, 0.29) is 5.56 Å². The second-order valence-electron chi connectivity index (χ2n) is 5.89. The maximum absolute atomic E-state index is 10.1. The van der Waals surface area contributed by atoms with Gasteiger partial charge in [-0.2, -0.15) is 0 Å². The Hall–Kier alpha value is -0.880. The average molecular weight is 324 g/mol. The third-order valence-corrected chi connectivity index (χ3v) is 9.38. The van der Waals surface area contributed by atoms with Crippen molar-refractivity contribution in [1.82, 2.24) is 0 Å². The summed E-state index contributed by atoms with van der Waals surface area (Å²) < 4.78 is 0. The molecule has 0 fully saturated rings. The Balaban J connectivity index is 0.000000425. The normalized spacial score (nSPS) is 10.7.